The molecule has 0 aromatic rings. The molecule has 1 aliphatic heterocycles. The van der Waals surface area contributed by atoms with Gasteiger partial charge in [-0.3, -0.25) is 0 Å². The van der Waals surface area contributed by atoms with Gasteiger partial charge in [-0.15, -0.1) is 0 Å². The topological polar surface area (TPSA) is 46.9 Å². The van der Waals surface area contributed by atoms with Gasteiger partial charge in [-0.25, -0.2) is 10.0 Å². The van der Waals surface area contributed by atoms with Crippen LogP contribution in [0.2, 0.25) is 0 Å². The number of likely N-dealkylation sites (N-methyl/N-ethyl adjacent to an activating group) is 2. The number of rotatable bonds is 1. The Morgan fingerprint density at radius 3 is 1.90 bits per heavy atom. The predicted molar refractivity (Wildman–Crippen MR) is 37.3 cm³/mol. The Labute approximate surface area is 60.6 Å². The first-order valence-corrected chi connectivity index (χ1v) is 3.33. The lowest BCUT2D eigenvalue weighted by molar-refractivity contribution is 0.00486. The summed E-state index contributed by atoms with van der Waals surface area (Å²) in [7, 11) is 3.77. The highest BCUT2D eigenvalue weighted by Crippen LogP contribution is 2.16. The molecule has 0 aromatic heterocycles. The van der Waals surface area contributed by atoms with Crippen LogP contribution in [0.5, 0.6) is 0 Å². The monoisotopic (exact) mass is 146 g/mol. The maximum Gasteiger partial charge on any atom is 0.116 e. The van der Waals surface area contributed by atoms with Crippen molar-refractivity contribution in [3.8, 4) is 0 Å². The van der Waals surface area contributed by atoms with Gasteiger partial charge in [0, 0.05) is 27.2 Å². The normalized spacial score (nSPS) is 27.6. The van der Waals surface area contributed by atoms with Gasteiger partial charge in [0.2, 0.25) is 0 Å². The van der Waals surface area contributed by atoms with Crippen molar-refractivity contribution in [3.05, 3.63) is 0 Å². The zero-order valence-electron chi connectivity index (χ0n) is 6.41. The Morgan fingerprint density at radius 2 is 1.70 bits per heavy atom. The average molecular weight is 146 g/mol. The molecule has 0 aromatic carbocycles. The minimum Gasteiger partial charge on any atom is -0.393 e. The van der Waals surface area contributed by atoms with E-state index in [1.807, 2.05) is 24.1 Å². The predicted octanol–water partition coefficient (Wildman–Crippen LogP) is -1.50. The molecule has 2 N–H and O–H groups in total. The van der Waals surface area contributed by atoms with Gasteiger partial charge in [-0.05, 0) is 0 Å². The second kappa shape index (κ2) is 2.47. The molecule has 0 spiro atoms. The molecule has 4 nitrogen and oxygen atoms in total. The van der Waals surface area contributed by atoms with Gasteiger partial charge < -0.3 is 10.2 Å². The van der Waals surface area contributed by atoms with Gasteiger partial charge in [-0.2, -0.15) is 0 Å². The number of aliphatic hydroxyl groups excluding tert-OH is 1. The lowest BCUT2D eigenvalue weighted by atomic mass is 10.1. The van der Waals surface area contributed by atoms with Crippen molar-refractivity contribution in [2.45, 2.75) is 5.60 Å². The quantitative estimate of drug-likeness (QED) is 0.473. The molecule has 1 aliphatic rings. The largest absolute Gasteiger partial charge is 0.393 e. The third-order valence-electron chi connectivity index (χ3n) is 1.92. The van der Waals surface area contributed by atoms with Crippen LogP contribution in [0.3, 0.4) is 0 Å². The maximum atomic E-state index is 9.51. The van der Waals surface area contributed by atoms with Gasteiger partial charge in [0.15, 0.2) is 0 Å². The summed E-state index contributed by atoms with van der Waals surface area (Å²) in [5, 5.41) is 22.0. The Kier molecular flexibility index (Phi) is 1.96. The molecule has 0 atom stereocenters. The lowest BCUT2D eigenvalue weighted by Gasteiger charge is -2.16. The molecule has 0 radical (unpaired) electrons. The summed E-state index contributed by atoms with van der Waals surface area (Å²) in [4.78, 5) is 0. The third-order valence-corrected chi connectivity index (χ3v) is 1.92. The van der Waals surface area contributed by atoms with Gasteiger partial charge in [-0.1, -0.05) is 0 Å². The highest BCUT2D eigenvalue weighted by Gasteiger charge is 2.37. The van der Waals surface area contributed by atoms with Gasteiger partial charge in [0.1, 0.15) is 5.60 Å². The molecule has 1 fully saturated rings. The van der Waals surface area contributed by atoms with E-state index in [1.54, 1.807) is 0 Å². The Morgan fingerprint density at radius 1 is 1.30 bits per heavy atom. The molecule has 0 saturated carbocycles. The third kappa shape index (κ3) is 1.29. The summed E-state index contributed by atoms with van der Waals surface area (Å²) in [6.45, 7) is 0.863. The van der Waals surface area contributed by atoms with E-state index in [0.717, 1.165) is 0 Å². The molecule has 0 amide bonds. The van der Waals surface area contributed by atoms with Crippen molar-refractivity contribution in [2.75, 3.05) is 33.8 Å². The average Bonchev–Trinajstić information content (AvgIpc) is 2.10. The molecule has 0 bridgehead atoms. The summed E-state index contributed by atoms with van der Waals surface area (Å²) in [5.41, 5.74) is -0.913. The van der Waals surface area contributed by atoms with Crippen LogP contribution >= 0.6 is 0 Å². The SMILES string of the molecule is CN1CC(O)(CO)CN1C. The first-order chi connectivity index (χ1) is 4.57. The number of hydrogen-bond acceptors (Lipinski definition) is 4. The number of hydrogen-bond donors (Lipinski definition) is 2. The van der Waals surface area contributed by atoms with Crippen LogP contribution in [-0.4, -0.2) is 59.6 Å². The second-order valence-corrected chi connectivity index (χ2v) is 3.01. The Balaban J connectivity index is 2.55. The van der Waals surface area contributed by atoms with E-state index in [2.05, 4.69) is 0 Å². The Hall–Kier alpha value is -0.160. The smallest absolute Gasteiger partial charge is 0.116 e. The summed E-state index contributed by atoms with van der Waals surface area (Å²) >= 11 is 0. The molecule has 1 heterocycles. The molecular weight excluding hydrogens is 132 g/mol. The molecule has 1 saturated heterocycles. The van der Waals surface area contributed by atoms with Crippen LogP contribution in [-0.2, 0) is 0 Å². The number of hydrazine groups is 1. The van der Waals surface area contributed by atoms with E-state index in [1.165, 1.54) is 0 Å². The molecule has 4 heteroatoms. The molecule has 0 unspecified atom stereocenters. The van der Waals surface area contributed by atoms with Gasteiger partial charge in [0.05, 0.1) is 6.61 Å². The fourth-order valence-electron chi connectivity index (χ4n) is 1.24. The Bertz CT molecular complexity index is 119. The molecule has 60 valence electrons. The molecule has 10 heavy (non-hydrogen) atoms. The summed E-state index contributed by atoms with van der Waals surface area (Å²) < 4.78 is 0. The van der Waals surface area contributed by atoms with E-state index >= 15 is 0 Å². The summed E-state index contributed by atoms with van der Waals surface area (Å²) in [6, 6.07) is 0. The molecular formula is C6H14N2O2. The van der Waals surface area contributed by atoms with Crippen molar-refractivity contribution in [1.82, 2.24) is 10.0 Å². The van der Waals surface area contributed by atoms with E-state index in [9.17, 15) is 5.11 Å². The van der Waals surface area contributed by atoms with Crippen molar-refractivity contribution >= 4 is 0 Å². The van der Waals surface area contributed by atoms with Crippen LogP contribution in [0.4, 0.5) is 0 Å². The minimum absolute atomic E-state index is 0.165. The van der Waals surface area contributed by atoms with E-state index in [4.69, 9.17) is 5.11 Å². The standard InChI is InChI=1S/C6H14N2O2/c1-7-3-6(10,5-9)4-8(7)2/h9-10H,3-5H2,1-2H3. The fourth-order valence-corrected chi connectivity index (χ4v) is 1.24. The van der Waals surface area contributed by atoms with Gasteiger partial charge >= 0.3 is 0 Å². The van der Waals surface area contributed by atoms with Crippen LogP contribution < -0.4 is 0 Å². The van der Waals surface area contributed by atoms with E-state index < -0.39 is 5.60 Å². The summed E-state index contributed by atoms with van der Waals surface area (Å²) in [6.07, 6.45) is 0. The number of nitrogens with zero attached hydrogens (tertiary/aromatic N) is 2. The second-order valence-electron chi connectivity index (χ2n) is 3.01. The van der Waals surface area contributed by atoms with Crippen LogP contribution in [0, 0.1) is 0 Å². The highest BCUT2D eigenvalue weighted by molar-refractivity contribution is 4.87. The van der Waals surface area contributed by atoms with E-state index in [0.29, 0.717) is 13.1 Å². The van der Waals surface area contributed by atoms with Crippen molar-refractivity contribution in [3.63, 3.8) is 0 Å². The zero-order chi connectivity index (χ0) is 7.78. The van der Waals surface area contributed by atoms with Crippen LogP contribution in [0.1, 0.15) is 0 Å². The number of β-amino-alcohol motifs (C(OH)–C–C–N with tert-alkyl or cyclic N) is 1. The minimum atomic E-state index is -0.913. The lowest BCUT2D eigenvalue weighted by Crippen LogP contribution is -2.38. The van der Waals surface area contributed by atoms with Crippen LogP contribution in [0.25, 0.3) is 0 Å². The fraction of sp³-hybridized carbons (Fsp3) is 1.00. The molecule has 1 rings (SSSR count). The first kappa shape index (κ1) is 7.94. The van der Waals surface area contributed by atoms with Crippen LogP contribution in [0.15, 0.2) is 0 Å². The van der Waals surface area contributed by atoms with Crippen molar-refractivity contribution in [2.24, 2.45) is 0 Å². The van der Waals surface area contributed by atoms with E-state index in [-0.39, 0.29) is 6.61 Å². The maximum absolute atomic E-state index is 9.51. The first-order valence-electron chi connectivity index (χ1n) is 3.33. The van der Waals surface area contributed by atoms with Crippen molar-refractivity contribution in [1.29, 1.82) is 0 Å². The highest BCUT2D eigenvalue weighted by atomic mass is 16.3. The zero-order valence-corrected chi connectivity index (χ0v) is 6.41. The summed E-state index contributed by atoms with van der Waals surface area (Å²) in [5.74, 6) is 0. The number of aliphatic hydroxyl groups is 2. The molecule has 0 aliphatic carbocycles. The van der Waals surface area contributed by atoms with Crippen molar-refractivity contribution < 1.29 is 10.2 Å². The van der Waals surface area contributed by atoms with Gasteiger partial charge in [0.25, 0.3) is 0 Å².